The third-order valence-electron chi connectivity index (χ3n) is 5.71. The Kier molecular flexibility index (Phi) is 3.95. The first-order valence-corrected chi connectivity index (χ1v) is 9.24. The normalized spacial score (nSPS) is 30.8. The van der Waals surface area contributed by atoms with Crippen LogP contribution in [0.3, 0.4) is 0 Å². The summed E-state index contributed by atoms with van der Waals surface area (Å²) in [6.07, 6.45) is 3.32. The van der Waals surface area contributed by atoms with Gasteiger partial charge in [-0.15, -0.1) is 0 Å². The number of nitrogens with one attached hydrogen (secondary N) is 1. The van der Waals surface area contributed by atoms with Gasteiger partial charge in [0.1, 0.15) is 0 Å². The molecule has 3 aliphatic rings. The van der Waals surface area contributed by atoms with Crippen LogP contribution in [0, 0.1) is 23.7 Å². The topological polar surface area (TPSA) is 66.5 Å². The van der Waals surface area contributed by atoms with Crippen LogP contribution in [-0.2, 0) is 14.4 Å². The van der Waals surface area contributed by atoms with Gasteiger partial charge in [-0.2, -0.15) is 0 Å². The Bertz CT molecular complexity index is 675. The van der Waals surface area contributed by atoms with Crippen molar-refractivity contribution in [2.45, 2.75) is 25.7 Å². The van der Waals surface area contributed by atoms with Gasteiger partial charge in [-0.05, 0) is 55.4 Å². The number of carbonyl (C=O) groups excluding carboxylic acids is 3. The molecule has 3 fully saturated rings. The second-order valence-corrected chi connectivity index (χ2v) is 7.93. The summed E-state index contributed by atoms with van der Waals surface area (Å²) >= 11 is 3.34. The number of fused-ring (bicyclic) bond motifs is 5. The maximum Gasteiger partial charge on any atom is 0.233 e. The number of hydrogen-bond acceptors (Lipinski definition) is 3. The minimum absolute atomic E-state index is 0.0476. The van der Waals surface area contributed by atoms with Crippen molar-refractivity contribution < 1.29 is 14.4 Å². The van der Waals surface area contributed by atoms with E-state index in [1.807, 2.05) is 12.1 Å². The largest absolute Gasteiger partial charge is 0.326 e. The molecule has 0 aromatic heterocycles. The zero-order valence-corrected chi connectivity index (χ0v) is 14.8. The Morgan fingerprint density at radius 3 is 2.25 bits per heavy atom. The van der Waals surface area contributed by atoms with Crippen LogP contribution >= 0.6 is 15.9 Å². The third kappa shape index (κ3) is 2.57. The fourth-order valence-electron chi connectivity index (χ4n) is 4.66. The summed E-state index contributed by atoms with van der Waals surface area (Å²) in [7, 11) is 0. The predicted molar refractivity (Wildman–Crippen MR) is 91.9 cm³/mol. The molecule has 24 heavy (non-hydrogen) atoms. The Morgan fingerprint density at radius 2 is 1.67 bits per heavy atom. The number of carbonyl (C=O) groups is 3. The van der Waals surface area contributed by atoms with Crippen LogP contribution in [0.25, 0.3) is 0 Å². The molecule has 2 bridgehead atoms. The van der Waals surface area contributed by atoms with E-state index in [0.717, 1.165) is 23.7 Å². The van der Waals surface area contributed by atoms with E-state index in [4.69, 9.17) is 0 Å². The fraction of sp³-hybridized carbons (Fsp3) is 0.500. The van der Waals surface area contributed by atoms with Gasteiger partial charge in [0.05, 0.1) is 11.8 Å². The Hall–Kier alpha value is -1.69. The van der Waals surface area contributed by atoms with Crippen LogP contribution in [0.5, 0.6) is 0 Å². The van der Waals surface area contributed by atoms with Gasteiger partial charge < -0.3 is 5.32 Å². The molecule has 3 amide bonds. The zero-order chi connectivity index (χ0) is 16.8. The molecule has 6 heteroatoms. The third-order valence-corrected chi connectivity index (χ3v) is 6.24. The highest BCUT2D eigenvalue weighted by atomic mass is 79.9. The first kappa shape index (κ1) is 15.8. The van der Waals surface area contributed by atoms with Crippen molar-refractivity contribution in [1.82, 2.24) is 4.90 Å². The molecule has 1 aliphatic heterocycles. The van der Waals surface area contributed by atoms with Crippen molar-refractivity contribution in [3.8, 4) is 0 Å². The second-order valence-electron chi connectivity index (χ2n) is 7.02. The van der Waals surface area contributed by atoms with Gasteiger partial charge in [-0.3, -0.25) is 19.3 Å². The highest BCUT2D eigenvalue weighted by Crippen LogP contribution is 2.56. The van der Waals surface area contributed by atoms with E-state index in [1.54, 1.807) is 12.1 Å². The van der Waals surface area contributed by atoms with Crippen molar-refractivity contribution >= 4 is 39.3 Å². The van der Waals surface area contributed by atoms with E-state index in [2.05, 4.69) is 21.2 Å². The van der Waals surface area contributed by atoms with Crippen molar-refractivity contribution in [2.75, 3.05) is 11.9 Å². The molecular weight excluding hydrogens is 372 g/mol. The maximum atomic E-state index is 12.6. The van der Waals surface area contributed by atoms with E-state index in [0.29, 0.717) is 17.5 Å². The standard InChI is InChI=1S/C18H19BrN2O3/c19-12-3-5-13(6-4-12)20-14(22)7-8-21-17(23)15-10-1-2-11(9-10)16(15)18(21)24/h3-6,10-11,15-16H,1-2,7-9H2,(H,20,22)/t10-,11+,15+,16-. The smallest absolute Gasteiger partial charge is 0.233 e. The number of amides is 3. The average molecular weight is 391 g/mol. The van der Waals surface area contributed by atoms with Crippen LogP contribution in [0.2, 0.25) is 0 Å². The predicted octanol–water partition coefficient (Wildman–Crippen LogP) is 2.81. The lowest BCUT2D eigenvalue weighted by atomic mass is 9.81. The molecule has 1 heterocycles. The lowest BCUT2D eigenvalue weighted by Crippen LogP contribution is -2.35. The van der Waals surface area contributed by atoms with Gasteiger partial charge in [0.25, 0.3) is 0 Å². The van der Waals surface area contributed by atoms with Crippen LogP contribution < -0.4 is 5.32 Å². The van der Waals surface area contributed by atoms with Crippen LogP contribution in [0.1, 0.15) is 25.7 Å². The minimum Gasteiger partial charge on any atom is -0.326 e. The van der Waals surface area contributed by atoms with Crippen molar-refractivity contribution in [1.29, 1.82) is 0 Å². The highest BCUT2D eigenvalue weighted by Gasteiger charge is 2.60. The Morgan fingerprint density at radius 1 is 1.08 bits per heavy atom. The molecule has 1 aromatic carbocycles. The maximum absolute atomic E-state index is 12.6. The molecule has 0 radical (unpaired) electrons. The molecule has 4 atom stereocenters. The van der Waals surface area contributed by atoms with Crippen molar-refractivity contribution in [3.05, 3.63) is 28.7 Å². The van der Waals surface area contributed by atoms with Gasteiger partial charge in [-0.1, -0.05) is 15.9 Å². The second kappa shape index (κ2) is 5.99. The van der Waals surface area contributed by atoms with Gasteiger partial charge in [0.15, 0.2) is 0 Å². The molecule has 1 N–H and O–H groups in total. The SMILES string of the molecule is O=C(CCN1C(=O)[C@@H]2[C@H]3CC[C@H](C3)[C@@H]2C1=O)Nc1ccc(Br)cc1. The number of likely N-dealkylation sites (tertiary alicyclic amines) is 1. The van der Waals surface area contributed by atoms with Gasteiger partial charge >= 0.3 is 0 Å². The fourth-order valence-corrected chi connectivity index (χ4v) is 4.93. The summed E-state index contributed by atoms with van der Waals surface area (Å²) in [5, 5.41) is 2.79. The monoisotopic (exact) mass is 390 g/mol. The molecule has 1 aromatic rings. The van der Waals surface area contributed by atoms with E-state index in [1.165, 1.54) is 4.90 Å². The molecule has 4 rings (SSSR count). The molecule has 0 unspecified atom stereocenters. The van der Waals surface area contributed by atoms with Gasteiger partial charge in [0.2, 0.25) is 17.7 Å². The van der Waals surface area contributed by atoms with Crippen LogP contribution in [0.4, 0.5) is 5.69 Å². The summed E-state index contributed by atoms with van der Waals surface area (Å²) in [4.78, 5) is 38.5. The molecule has 2 saturated carbocycles. The lowest BCUT2D eigenvalue weighted by Gasteiger charge is -2.19. The average Bonchev–Trinajstić information content (AvgIpc) is 3.23. The number of benzene rings is 1. The molecule has 5 nitrogen and oxygen atoms in total. The van der Waals surface area contributed by atoms with Crippen molar-refractivity contribution in [3.63, 3.8) is 0 Å². The lowest BCUT2D eigenvalue weighted by molar-refractivity contribution is -0.140. The van der Waals surface area contributed by atoms with E-state index >= 15 is 0 Å². The quantitative estimate of drug-likeness (QED) is 0.803. The number of anilines is 1. The minimum atomic E-state index is -0.182. The summed E-state index contributed by atoms with van der Waals surface area (Å²) < 4.78 is 0.940. The van der Waals surface area contributed by atoms with Crippen LogP contribution in [0.15, 0.2) is 28.7 Å². The van der Waals surface area contributed by atoms with E-state index in [-0.39, 0.29) is 42.5 Å². The number of nitrogens with zero attached hydrogens (tertiary/aromatic N) is 1. The number of halogens is 1. The molecule has 1 saturated heterocycles. The number of rotatable bonds is 4. The van der Waals surface area contributed by atoms with Gasteiger partial charge in [0, 0.05) is 23.1 Å². The summed E-state index contributed by atoms with van der Waals surface area (Å²) in [5.41, 5.74) is 0.706. The van der Waals surface area contributed by atoms with Crippen LogP contribution in [-0.4, -0.2) is 29.2 Å². The first-order valence-electron chi connectivity index (χ1n) is 8.45. The highest BCUT2D eigenvalue weighted by molar-refractivity contribution is 9.10. The summed E-state index contributed by atoms with van der Waals surface area (Å²) in [6.45, 7) is 0.187. The molecular formula is C18H19BrN2O3. The van der Waals surface area contributed by atoms with Crippen molar-refractivity contribution in [2.24, 2.45) is 23.7 Å². The Balaban J connectivity index is 1.36. The molecule has 126 valence electrons. The number of imide groups is 1. The zero-order valence-electron chi connectivity index (χ0n) is 13.2. The number of hydrogen-bond donors (Lipinski definition) is 1. The van der Waals surface area contributed by atoms with Gasteiger partial charge in [-0.25, -0.2) is 0 Å². The summed E-state index contributed by atoms with van der Waals surface area (Å²) in [6, 6.07) is 7.30. The van der Waals surface area contributed by atoms with E-state index < -0.39 is 0 Å². The van der Waals surface area contributed by atoms with E-state index in [9.17, 15) is 14.4 Å². The Labute approximate surface area is 148 Å². The summed E-state index contributed by atoms with van der Waals surface area (Å²) in [5.74, 6) is 0.285. The molecule has 2 aliphatic carbocycles. The first-order chi connectivity index (χ1) is 11.5. The molecule has 0 spiro atoms.